The molecule has 0 fully saturated rings. The van der Waals surface area contributed by atoms with Crippen LogP contribution >= 0.6 is 0 Å². The standard InChI is InChI=1S/C27H49N3O4.2C8H16O3.C2H6/c1-4-28-30-23(2)19-17-15-13-11-9-7-5-6-8-10-12-14-16-18-20-26(32)29-25(27(33)34)22-21-24(3)31;2*1-3-4-10-5-6-11-7-8(2)9;1-2/h4,25H,5-22H2,1-3H3,(H,29,32)(H,33,34);2*3-7H2,1-2H3;1-2H3/b28-4-,30-23+;;;/t25-;;;/m0.../s1. The molecule has 1 amide bonds. The second kappa shape index (κ2) is 52.1. The van der Waals surface area contributed by atoms with Crippen molar-refractivity contribution in [2.45, 2.75) is 197 Å². The van der Waals surface area contributed by atoms with Crippen LogP contribution in [0.3, 0.4) is 0 Å². The van der Waals surface area contributed by atoms with Crippen LogP contribution in [0.2, 0.25) is 0 Å². The molecule has 0 bridgehead atoms. The normalized spacial score (nSPS) is 11.4. The molecular formula is C45H87N3O10. The van der Waals surface area contributed by atoms with E-state index in [0.29, 0.717) is 32.8 Å². The molecule has 0 rings (SSSR count). The van der Waals surface area contributed by atoms with Crippen LogP contribution in [0.1, 0.15) is 191 Å². The lowest BCUT2D eigenvalue weighted by Crippen LogP contribution is -2.40. The van der Waals surface area contributed by atoms with E-state index in [1.54, 1.807) is 6.21 Å². The van der Waals surface area contributed by atoms with Gasteiger partial charge in [0, 0.05) is 38.0 Å². The molecule has 58 heavy (non-hydrogen) atoms. The number of ether oxygens (including phenoxy) is 4. The minimum Gasteiger partial charge on any atom is -0.480 e. The largest absolute Gasteiger partial charge is 0.480 e. The van der Waals surface area contributed by atoms with Crippen molar-refractivity contribution in [3.8, 4) is 0 Å². The summed E-state index contributed by atoms with van der Waals surface area (Å²) >= 11 is 0. The van der Waals surface area contributed by atoms with Gasteiger partial charge >= 0.3 is 5.97 Å². The molecule has 0 saturated heterocycles. The minimum absolute atomic E-state index is 0.0560. The Morgan fingerprint density at radius 2 is 0.931 bits per heavy atom. The van der Waals surface area contributed by atoms with E-state index in [-0.39, 0.29) is 49.3 Å². The third kappa shape index (κ3) is 59.8. The van der Waals surface area contributed by atoms with Crippen molar-refractivity contribution in [1.82, 2.24) is 5.32 Å². The highest BCUT2D eigenvalue weighted by Gasteiger charge is 2.19. The lowest BCUT2D eigenvalue weighted by molar-refractivity contribution is -0.142. The molecule has 1 atom stereocenters. The molecule has 0 spiro atoms. The molecular weight excluding hydrogens is 743 g/mol. The number of carbonyl (C=O) groups is 5. The van der Waals surface area contributed by atoms with Gasteiger partial charge in [-0.2, -0.15) is 10.2 Å². The second-order valence-electron chi connectivity index (χ2n) is 14.1. The van der Waals surface area contributed by atoms with Crippen molar-refractivity contribution in [3.63, 3.8) is 0 Å². The summed E-state index contributed by atoms with van der Waals surface area (Å²) in [5, 5.41) is 19.7. The Morgan fingerprint density at radius 3 is 1.28 bits per heavy atom. The topological polar surface area (TPSA) is 179 Å². The molecule has 0 aromatic rings. The summed E-state index contributed by atoms with van der Waals surface area (Å²) in [5.74, 6) is -1.27. The van der Waals surface area contributed by atoms with Crippen molar-refractivity contribution in [2.75, 3.05) is 52.9 Å². The summed E-state index contributed by atoms with van der Waals surface area (Å²) in [6, 6.07) is -0.966. The first-order valence-corrected chi connectivity index (χ1v) is 22.2. The van der Waals surface area contributed by atoms with E-state index < -0.39 is 12.0 Å². The van der Waals surface area contributed by atoms with Gasteiger partial charge in [0.05, 0.1) is 26.4 Å². The number of Topliss-reactive ketones (excluding diaryl/α,β-unsaturated/α-hetero) is 3. The van der Waals surface area contributed by atoms with Gasteiger partial charge in [0.15, 0.2) is 11.6 Å². The van der Waals surface area contributed by atoms with Crippen molar-refractivity contribution >= 4 is 41.2 Å². The zero-order valence-electron chi connectivity index (χ0n) is 38.5. The van der Waals surface area contributed by atoms with E-state index in [0.717, 1.165) is 57.5 Å². The van der Waals surface area contributed by atoms with Gasteiger partial charge in [-0.05, 0) is 73.1 Å². The third-order valence-corrected chi connectivity index (χ3v) is 8.01. The summed E-state index contributed by atoms with van der Waals surface area (Å²) in [7, 11) is 0. The van der Waals surface area contributed by atoms with Gasteiger partial charge in [-0.3, -0.25) is 14.4 Å². The zero-order valence-corrected chi connectivity index (χ0v) is 38.5. The molecule has 0 saturated carbocycles. The quantitative estimate of drug-likeness (QED) is 0.0348. The Kier molecular flexibility index (Phi) is 55.6. The highest BCUT2D eigenvalue weighted by atomic mass is 16.5. The number of carboxylic acids is 1. The number of nitrogens with zero attached hydrogens (tertiary/aromatic N) is 2. The van der Waals surface area contributed by atoms with Gasteiger partial charge in [0.1, 0.15) is 25.0 Å². The molecule has 0 aliphatic rings. The predicted molar refractivity (Wildman–Crippen MR) is 237 cm³/mol. The number of unbranched alkanes of at least 4 members (excludes halogenated alkanes) is 13. The number of rotatable bonds is 37. The van der Waals surface area contributed by atoms with Crippen molar-refractivity contribution in [2.24, 2.45) is 10.2 Å². The Labute approximate surface area is 353 Å². The Balaban J connectivity index is -0.000000491. The fraction of sp³-hybridized carbons (Fsp3) is 0.844. The number of nitrogens with one attached hydrogen (secondary N) is 1. The number of carbonyl (C=O) groups excluding carboxylic acids is 4. The van der Waals surface area contributed by atoms with Crippen LogP contribution < -0.4 is 5.32 Å². The van der Waals surface area contributed by atoms with Gasteiger partial charge in [-0.25, -0.2) is 4.79 Å². The van der Waals surface area contributed by atoms with Crippen LogP contribution in [0.5, 0.6) is 0 Å². The first-order valence-electron chi connectivity index (χ1n) is 22.2. The van der Waals surface area contributed by atoms with Crippen molar-refractivity contribution in [3.05, 3.63) is 0 Å². The van der Waals surface area contributed by atoms with Crippen LogP contribution in [-0.4, -0.2) is 105 Å². The number of aliphatic carboxylic acids is 1. The molecule has 0 aliphatic carbocycles. The molecule has 0 radical (unpaired) electrons. The molecule has 13 nitrogen and oxygen atoms in total. The molecule has 0 aromatic carbocycles. The minimum atomic E-state index is -1.08. The second-order valence-corrected chi connectivity index (χ2v) is 14.1. The maximum Gasteiger partial charge on any atom is 0.326 e. The van der Waals surface area contributed by atoms with Crippen LogP contribution in [-0.2, 0) is 42.9 Å². The number of ketones is 3. The number of hydrogen-bond acceptors (Lipinski definition) is 11. The van der Waals surface area contributed by atoms with Gasteiger partial charge in [-0.15, -0.1) is 0 Å². The molecule has 13 heteroatoms. The zero-order chi connectivity index (χ0) is 44.5. The van der Waals surface area contributed by atoms with Gasteiger partial charge < -0.3 is 34.2 Å². The molecule has 0 unspecified atom stereocenters. The SMILES string of the molecule is C/C=N\N=C(/C)CCCCCCCCCCCCCCCCC(=O)N[C@@H](CCC(C)=O)C(=O)O.CC.CCCOCCOCC(C)=O.CCCOCCOCC(C)=O. The van der Waals surface area contributed by atoms with Crippen LogP contribution in [0.15, 0.2) is 10.2 Å². The molecule has 0 aromatic heterocycles. The Hall–Kier alpha value is -2.87. The van der Waals surface area contributed by atoms with Gasteiger partial charge in [0.2, 0.25) is 5.91 Å². The summed E-state index contributed by atoms with van der Waals surface area (Å²) in [4.78, 5) is 54.9. The van der Waals surface area contributed by atoms with E-state index >= 15 is 0 Å². The monoisotopic (exact) mass is 830 g/mol. The number of carboxylic acid groups (broad SMARTS) is 1. The lowest BCUT2D eigenvalue weighted by Gasteiger charge is -2.13. The van der Waals surface area contributed by atoms with E-state index in [2.05, 4.69) is 29.4 Å². The van der Waals surface area contributed by atoms with Crippen molar-refractivity contribution < 1.29 is 48.0 Å². The molecule has 0 heterocycles. The fourth-order valence-corrected chi connectivity index (χ4v) is 5.03. The highest BCUT2D eigenvalue weighted by Crippen LogP contribution is 2.14. The van der Waals surface area contributed by atoms with Gasteiger partial charge in [0.25, 0.3) is 0 Å². The molecule has 2 N–H and O–H groups in total. The summed E-state index contributed by atoms with van der Waals surface area (Å²) < 4.78 is 20.2. The average Bonchev–Trinajstić information content (AvgIpc) is 3.19. The first kappa shape index (κ1) is 61.8. The van der Waals surface area contributed by atoms with Crippen molar-refractivity contribution in [1.29, 1.82) is 0 Å². The lowest BCUT2D eigenvalue weighted by atomic mass is 10.0. The average molecular weight is 830 g/mol. The smallest absolute Gasteiger partial charge is 0.326 e. The summed E-state index contributed by atoms with van der Waals surface area (Å²) in [6.45, 7) is 20.6. The van der Waals surface area contributed by atoms with Crippen LogP contribution in [0.4, 0.5) is 0 Å². The summed E-state index contributed by atoms with van der Waals surface area (Å²) in [5.41, 5.74) is 1.12. The Morgan fingerprint density at radius 1 is 0.552 bits per heavy atom. The third-order valence-electron chi connectivity index (χ3n) is 8.01. The summed E-state index contributed by atoms with van der Waals surface area (Å²) in [6.07, 6.45) is 22.6. The van der Waals surface area contributed by atoms with E-state index in [1.807, 2.05) is 27.7 Å². The van der Waals surface area contributed by atoms with Crippen LogP contribution in [0, 0.1) is 0 Å². The van der Waals surface area contributed by atoms with E-state index in [1.165, 1.54) is 91.4 Å². The molecule has 0 aliphatic heterocycles. The first-order chi connectivity index (χ1) is 27.9. The van der Waals surface area contributed by atoms with Crippen LogP contribution in [0.25, 0.3) is 0 Å². The van der Waals surface area contributed by atoms with E-state index in [4.69, 9.17) is 24.1 Å². The number of hydrogen-bond donors (Lipinski definition) is 2. The Bertz CT molecular complexity index is 995. The van der Waals surface area contributed by atoms with E-state index in [9.17, 15) is 24.0 Å². The fourth-order valence-electron chi connectivity index (χ4n) is 5.03. The maximum atomic E-state index is 11.9. The number of amides is 1. The highest BCUT2D eigenvalue weighted by molar-refractivity contribution is 5.84. The van der Waals surface area contributed by atoms with Gasteiger partial charge in [-0.1, -0.05) is 105 Å². The molecule has 342 valence electrons. The predicted octanol–water partition coefficient (Wildman–Crippen LogP) is 9.70. The maximum absolute atomic E-state index is 11.9.